The normalized spacial score (nSPS) is 23.0. The number of aliphatic hydroxyl groups is 2. The molecule has 4 fully saturated rings. The third-order valence-electron chi connectivity index (χ3n) is 18.2. The van der Waals surface area contributed by atoms with Crippen LogP contribution in [-0.4, -0.2) is 147 Å². The Kier molecular flexibility index (Phi) is 16.5. The standard InChI is InChI=1S/C61H56Cl2F8N12O6S2/c1-25(84)10-16-86-49-41-47(45(70)39(43(49)62)28-5-7-32(65)51-37(28)30(19-72)54(75)90-51)76-58(78-53(41)74)89-24-61-12-4-14-83(61)55(34(67)18-61)79-57-31(20-73)38-29(6-8-33(66)52(38)91-57)40-44(63)50-42-48(46(40)71)77-59(88-23-60-11-3-13-81(60)21-27(64)17-60)80-56(42)82(15-9-36(68)69)35(22-87-50)26(2)85/h5-8,25-27,34-36,55,79,84-85H,3-4,9-18,21-24,75H2,1-2H3,(H2,74,76,78)/t25-,26-,27+,34+,35+,55?,60-,61-/m0/s1. The molecule has 7 N–H and O–H groups in total. The highest BCUT2D eigenvalue weighted by atomic mass is 35.5. The van der Waals surface area contributed by atoms with E-state index in [1.165, 1.54) is 30.9 Å². The molecule has 478 valence electrons. The van der Waals surface area contributed by atoms with Crippen molar-refractivity contribution in [2.24, 2.45) is 0 Å². The largest absolute Gasteiger partial charge is 0.491 e. The molecule has 8 aromatic rings. The number of aliphatic hydroxyl groups excluding tert-OH is 2. The van der Waals surface area contributed by atoms with E-state index in [0.717, 1.165) is 41.2 Å². The van der Waals surface area contributed by atoms with Crippen LogP contribution < -0.4 is 40.6 Å². The zero-order chi connectivity index (χ0) is 64.3. The van der Waals surface area contributed by atoms with Gasteiger partial charge in [0, 0.05) is 67.2 Å². The number of benzene rings is 4. The van der Waals surface area contributed by atoms with Gasteiger partial charge in [-0.1, -0.05) is 35.3 Å². The monoisotopic (exact) mass is 1340 g/mol. The van der Waals surface area contributed by atoms with Crippen molar-refractivity contribution in [3.8, 4) is 57.9 Å². The van der Waals surface area contributed by atoms with Gasteiger partial charge in [-0.15, -0.1) is 22.7 Å². The number of anilines is 4. The molecule has 0 spiro atoms. The van der Waals surface area contributed by atoms with Crippen LogP contribution in [0.5, 0.6) is 23.5 Å². The zero-order valence-corrected chi connectivity index (χ0v) is 51.6. The number of fused-ring (bicyclic) bond motifs is 5. The smallest absolute Gasteiger partial charge is 0.319 e. The van der Waals surface area contributed by atoms with Crippen LogP contribution in [0.15, 0.2) is 24.3 Å². The van der Waals surface area contributed by atoms with E-state index in [1.54, 1.807) is 4.90 Å². The van der Waals surface area contributed by atoms with Crippen molar-refractivity contribution in [1.29, 1.82) is 10.5 Å². The van der Waals surface area contributed by atoms with E-state index in [-0.39, 0.29) is 167 Å². The molecule has 30 heteroatoms. The Bertz CT molecular complexity index is 4370. The second kappa shape index (κ2) is 24.0. The second-order valence-electron chi connectivity index (χ2n) is 23.8. The van der Waals surface area contributed by atoms with Gasteiger partial charge in [-0.05, 0) is 69.3 Å². The Labute approximate surface area is 531 Å². The van der Waals surface area contributed by atoms with Gasteiger partial charge in [-0.3, -0.25) is 9.80 Å². The Balaban J connectivity index is 0.852. The molecule has 4 aromatic carbocycles. The third kappa shape index (κ3) is 10.5. The number of aromatic nitrogens is 4. The van der Waals surface area contributed by atoms with Gasteiger partial charge in [0.1, 0.15) is 94.8 Å². The van der Waals surface area contributed by atoms with Crippen molar-refractivity contribution in [2.75, 3.05) is 74.3 Å². The Hall–Kier alpha value is -7.28. The molecular weight excluding hydrogens is 1280 g/mol. The number of alkyl halides is 4. The quantitative estimate of drug-likeness (QED) is 0.0501. The summed E-state index contributed by atoms with van der Waals surface area (Å²) in [7, 11) is 0. The van der Waals surface area contributed by atoms with Crippen molar-refractivity contribution >= 4 is 109 Å². The Morgan fingerprint density at radius 1 is 0.791 bits per heavy atom. The molecule has 91 heavy (non-hydrogen) atoms. The molecule has 18 nitrogen and oxygen atoms in total. The number of ether oxygens (including phenoxy) is 4. The number of nitriles is 2. The summed E-state index contributed by atoms with van der Waals surface area (Å²) in [6.45, 7) is 2.81. The number of nitrogens with two attached hydrogens (primary N) is 2. The first-order valence-corrected chi connectivity index (χ1v) is 31.7. The SMILES string of the molecule is C[C@H](O)CCOc1c(Cl)c(-c2ccc(F)c3sc(N)c(C#N)c23)c(F)c2nc(OC[C@@]34CCCN3C(Nc3sc5c(F)ccc(-c6c(Cl)c7c8c(nc(OC[C@@]9%10CCCN9C[C@H](F)C%10)nc8c6F)N(CCC(F)F)[C@@H]([C@H](C)O)CO7)c5c3C#N)[C@H](F)C4)nc(N)c12. The van der Waals surface area contributed by atoms with Crippen LogP contribution in [0.25, 0.3) is 64.2 Å². The summed E-state index contributed by atoms with van der Waals surface area (Å²) in [4.78, 5) is 23.1. The third-order valence-corrected chi connectivity index (χ3v) is 21.1. The fourth-order valence-corrected chi connectivity index (χ4v) is 16.7. The van der Waals surface area contributed by atoms with Crippen LogP contribution >= 0.6 is 45.9 Å². The topological polar surface area (TPSA) is 250 Å². The molecule has 4 aromatic heterocycles. The fourth-order valence-electron chi connectivity index (χ4n) is 14.0. The first-order valence-electron chi connectivity index (χ1n) is 29.3. The van der Waals surface area contributed by atoms with E-state index < -0.39 is 107 Å². The predicted octanol–water partition coefficient (Wildman–Crippen LogP) is 12.2. The average Bonchev–Trinajstić information content (AvgIpc) is 1.60. The van der Waals surface area contributed by atoms with Crippen molar-refractivity contribution in [3.63, 3.8) is 0 Å². The minimum absolute atomic E-state index is 0.0102. The zero-order valence-electron chi connectivity index (χ0n) is 48.5. The molecule has 5 aliphatic rings. The van der Waals surface area contributed by atoms with Crippen molar-refractivity contribution < 1.29 is 64.3 Å². The maximum atomic E-state index is 18.1. The van der Waals surface area contributed by atoms with Gasteiger partial charge in [-0.2, -0.15) is 30.5 Å². The fraction of sp³-hybridized carbons (Fsp3) is 0.443. The molecule has 0 saturated carbocycles. The molecule has 0 radical (unpaired) electrons. The minimum atomic E-state index is -2.79. The first kappa shape index (κ1) is 62.5. The number of hydrogen-bond donors (Lipinski definition) is 5. The van der Waals surface area contributed by atoms with Gasteiger partial charge in [0.25, 0.3) is 0 Å². The summed E-state index contributed by atoms with van der Waals surface area (Å²) >= 11 is 15.8. The van der Waals surface area contributed by atoms with E-state index >= 15 is 22.0 Å². The second-order valence-corrected chi connectivity index (χ2v) is 26.6. The van der Waals surface area contributed by atoms with Gasteiger partial charge in [-0.25, -0.2) is 35.1 Å². The van der Waals surface area contributed by atoms with Gasteiger partial charge >= 0.3 is 12.0 Å². The maximum absolute atomic E-state index is 18.1. The van der Waals surface area contributed by atoms with Crippen molar-refractivity contribution in [1.82, 2.24) is 29.7 Å². The van der Waals surface area contributed by atoms with Crippen LogP contribution in [-0.2, 0) is 0 Å². The lowest BCUT2D eigenvalue weighted by Gasteiger charge is -2.34. The van der Waals surface area contributed by atoms with E-state index in [4.69, 9.17) is 53.6 Å². The summed E-state index contributed by atoms with van der Waals surface area (Å²) in [5, 5.41) is 44.4. The molecule has 5 aliphatic heterocycles. The summed E-state index contributed by atoms with van der Waals surface area (Å²) in [5.41, 5.74) is 8.81. The predicted molar refractivity (Wildman–Crippen MR) is 329 cm³/mol. The number of nitrogens with one attached hydrogen (secondary N) is 1. The lowest BCUT2D eigenvalue weighted by Crippen LogP contribution is -2.49. The van der Waals surface area contributed by atoms with Crippen LogP contribution in [0, 0.1) is 45.9 Å². The Morgan fingerprint density at radius 2 is 1.42 bits per heavy atom. The van der Waals surface area contributed by atoms with E-state index in [2.05, 4.69) is 31.3 Å². The first-order chi connectivity index (χ1) is 43.6. The molecule has 13 rings (SSSR count). The number of rotatable bonds is 18. The molecule has 1 unspecified atom stereocenters. The number of halogens is 10. The van der Waals surface area contributed by atoms with Crippen LogP contribution in [0.3, 0.4) is 0 Å². The van der Waals surface area contributed by atoms with E-state index in [1.807, 2.05) is 11.0 Å². The van der Waals surface area contributed by atoms with Gasteiger partial charge in [0.15, 0.2) is 23.1 Å². The summed E-state index contributed by atoms with van der Waals surface area (Å²) in [5.74, 6) is -4.59. The molecule has 0 bridgehead atoms. The molecule has 0 aliphatic carbocycles. The maximum Gasteiger partial charge on any atom is 0.319 e. The lowest BCUT2D eigenvalue weighted by molar-refractivity contribution is 0.0902. The number of thiophene rings is 2. The highest BCUT2D eigenvalue weighted by molar-refractivity contribution is 7.23. The summed E-state index contributed by atoms with van der Waals surface area (Å²) in [6.07, 6.45) is -7.11. The van der Waals surface area contributed by atoms with Crippen LogP contribution in [0.2, 0.25) is 10.0 Å². The molecule has 9 heterocycles. The number of nitrogen functional groups attached to an aromatic ring is 2. The van der Waals surface area contributed by atoms with Gasteiger partial charge in [0.2, 0.25) is 6.43 Å². The highest BCUT2D eigenvalue weighted by Crippen LogP contribution is 2.55. The highest BCUT2D eigenvalue weighted by Gasteiger charge is 2.56. The Morgan fingerprint density at radius 3 is 2.09 bits per heavy atom. The van der Waals surface area contributed by atoms with Crippen LogP contribution in [0.4, 0.5) is 56.8 Å². The average molecular weight is 1340 g/mol. The molecule has 8 atom stereocenters. The summed E-state index contributed by atoms with van der Waals surface area (Å²) in [6, 6.07) is 6.80. The minimum Gasteiger partial charge on any atom is -0.491 e. The van der Waals surface area contributed by atoms with Crippen molar-refractivity contribution in [3.05, 3.63) is 68.7 Å². The molecular formula is C61H56Cl2F8N12O6S2. The van der Waals surface area contributed by atoms with Gasteiger partial charge < -0.3 is 50.8 Å². The lowest BCUT2D eigenvalue weighted by atomic mass is 9.95. The number of hydrogen-bond acceptors (Lipinski definition) is 20. The van der Waals surface area contributed by atoms with Crippen LogP contribution in [0.1, 0.15) is 76.3 Å². The van der Waals surface area contributed by atoms with Crippen molar-refractivity contribution in [2.45, 2.75) is 119 Å². The van der Waals surface area contributed by atoms with E-state index in [0.29, 0.717) is 32.4 Å². The van der Waals surface area contributed by atoms with E-state index in [9.17, 15) is 33.9 Å². The summed E-state index contributed by atoms with van der Waals surface area (Å²) < 4.78 is 152. The van der Waals surface area contributed by atoms with Gasteiger partial charge in [0.05, 0.1) is 77.3 Å². The molecule has 4 saturated heterocycles. The molecule has 0 amide bonds. The number of nitrogens with zero attached hydrogens (tertiary/aromatic N) is 9.